The van der Waals surface area contributed by atoms with E-state index in [1.54, 1.807) is 53.6 Å². The highest BCUT2D eigenvalue weighted by molar-refractivity contribution is 5.99. The molecular weight excluding hydrogens is 368 g/mol. The van der Waals surface area contributed by atoms with Gasteiger partial charge < -0.3 is 15.4 Å². The number of anilines is 2. The summed E-state index contributed by atoms with van der Waals surface area (Å²) in [6, 6.07) is 16.0. The molecule has 2 aromatic heterocycles. The van der Waals surface area contributed by atoms with Gasteiger partial charge in [-0.3, -0.25) is 4.57 Å². The number of hydrogen-bond donors (Lipinski definition) is 2. The summed E-state index contributed by atoms with van der Waals surface area (Å²) in [7, 11) is 0. The largest absolute Gasteiger partial charge is 0.439 e. The Balaban J connectivity index is 1.38. The van der Waals surface area contributed by atoms with E-state index < -0.39 is 0 Å². The molecule has 0 aliphatic heterocycles. The summed E-state index contributed by atoms with van der Waals surface area (Å²) in [6.07, 6.45) is 6.53. The van der Waals surface area contributed by atoms with E-state index in [1.807, 2.05) is 31.2 Å². The Morgan fingerprint density at radius 3 is 2.59 bits per heavy atom. The fraction of sp³-hybridized carbons (Fsp3) is 0.0476. The summed E-state index contributed by atoms with van der Waals surface area (Å²) in [6.45, 7) is 1.97. The second kappa shape index (κ2) is 8.22. The van der Waals surface area contributed by atoms with Gasteiger partial charge in [0.25, 0.3) is 0 Å². The molecule has 0 radical (unpaired) electrons. The van der Waals surface area contributed by atoms with Crippen molar-refractivity contribution in [1.82, 2.24) is 19.5 Å². The zero-order valence-corrected chi connectivity index (χ0v) is 15.6. The van der Waals surface area contributed by atoms with Crippen LogP contribution in [0.4, 0.5) is 16.2 Å². The van der Waals surface area contributed by atoms with E-state index in [4.69, 9.17) is 4.74 Å². The van der Waals surface area contributed by atoms with Crippen molar-refractivity contribution >= 4 is 17.4 Å². The van der Waals surface area contributed by atoms with Crippen LogP contribution in [0.3, 0.4) is 0 Å². The van der Waals surface area contributed by atoms with Crippen LogP contribution >= 0.6 is 0 Å². The number of urea groups is 1. The van der Waals surface area contributed by atoms with Gasteiger partial charge in [0.1, 0.15) is 24.2 Å². The van der Waals surface area contributed by atoms with Crippen LogP contribution in [0, 0.1) is 6.92 Å². The quantitative estimate of drug-likeness (QED) is 0.530. The van der Waals surface area contributed by atoms with E-state index in [1.165, 1.54) is 6.33 Å². The monoisotopic (exact) mass is 386 g/mol. The van der Waals surface area contributed by atoms with Crippen LogP contribution in [-0.4, -0.2) is 25.6 Å². The normalized spacial score (nSPS) is 10.4. The van der Waals surface area contributed by atoms with Crippen LogP contribution in [-0.2, 0) is 0 Å². The van der Waals surface area contributed by atoms with Crippen LogP contribution in [0.2, 0.25) is 0 Å². The SMILES string of the molecule is Cc1cccc(NC(=O)Nc2ccc(Oc3cc(-n4ccnc4)ncn3)cc2)c1. The molecule has 4 aromatic rings. The van der Waals surface area contributed by atoms with Crippen LogP contribution in [0.25, 0.3) is 5.82 Å². The number of aryl methyl sites for hydroxylation is 1. The van der Waals surface area contributed by atoms with Crippen LogP contribution < -0.4 is 15.4 Å². The number of carbonyl (C=O) groups excluding carboxylic acids is 1. The summed E-state index contributed by atoms with van der Waals surface area (Å²) in [4.78, 5) is 24.4. The number of imidazole rings is 1. The Morgan fingerprint density at radius 2 is 1.83 bits per heavy atom. The molecule has 4 rings (SSSR count). The number of nitrogens with zero attached hydrogens (tertiary/aromatic N) is 4. The van der Waals surface area contributed by atoms with Gasteiger partial charge in [0, 0.05) is 29.8 Å². The van der Waals surface area contributed by atoms with Crippen molar-refractivity contribution < 1.29 is 9.53 Å². The molecule has 8 heteroatoms. The molecule has 29 heavy (non-hydrogen) atoms. The third-order valence-electron chi connectivity index (χ3n) is 4.01. The number of aromatic nitrogens is 4. The first kappa shape index (κ1) is 18.2. The van der Waals surface area contributed by atoms with Crippen LogP contribution in [0.15, 0.2) is 79.6 Å². The number of carbonyl (C=O) groups is 1. The van der Waals surface area contributed by atoms with Gasteiger partial charge in [-0.05, 0) is 48.9 Å². The number of hydrogen-bond acceptors (Lipinski definition) is 5. The van der Waals surface area contributed by atoms with Gasteiger partial charge in [0.2, 0.25) is 5.88 Å². The number of amides is 2. The highest BCUT2D eigenvalue weighted by Crippen LogP contribution is 2.22. The van der Waals surface area contributed by atoms with E-state index in [0.29, 0.717) is 23.1 Å². The predicted octanol–water partition coefficient (Wildman–Crippen LogP) is 4.41. The Morgan fingerprint density at radius 1 is 1.00 bits per heavy atom. The van der Waals surface area contributed by atoms with E-state index in [9.17, 15) is 4.79 Å². The molecule has 0 aliphatic rings. The molecule has 2 N–H and O–H groups in total. The standard InChI is InChI=1S/C21H18N6O2/c1-15-3-2-4-17(11-15)26-21(28)25-16-5-7-18(8-6-16)29-20-12-19(23-13-24-20)27-10-9-22-14-27/h2-14H,1H3,(H2,25,26,28). The van der Waals surface area contributed by atoms with Gasteiger partial charge >= 0.3 is 6.03 Å². The zero-order valence-electron chi connectivity index (χ0n) is 15.6. The molecular formula is C21H18N6O2. The van der Waals surface area contributed by atoms with Gasteiger partial charge in [0.05, 0.1) is 0 Å². The summed E-state index contributed by atoms with van der Waals surface area (Å²) >= 11 is 0. The summed E-state index contributed by atoms with van der Waals surface area (Å²) < 4.78 is 7.53. The molecule has 0 atom stereocenters. The molecule has 144 valence electrons. The van der Waals surface area contributed by atoms with Gasteiger partial charge in [0.15, 0.2) is 0 Å². The molecule has 0 spiro atoms. The highest BCUT2D eigenvalue weighted by atomic mass is 16.5. The molecule has 0 bridgehead atoms. The average molecular weight is 386 g/mol. The first-order valence-electron chi connectivity index (χ1n) is 8.89. The molecule has 8 nitrogen and oxygen atoms in total. The molecule has 2 aromatic carbocycles. The molecule has 2 amide bonds. The van der Waals surface area contributed by atoms with E-state index in [2.05, 4.69) is 25.6 Å². The lowest BCUT2D eigenvalue weighted by atomic mass is 10.2. The maximum absolute atomic E-state index is 12.1. The lowest BCUT2D eigenvalue weighted by Crippen LogP contribution is -2.19. The number of ether oxygens (including phenoxy) is 1. The van der Waals surface area contributed by atoms with Crippen molar-refractivity contribution in [2.24, 2.45) is 0 Å². The molecule has 0 fully saturated rings. The number of nitrogens with one attached hydrogen (secondary N) is 2. The minimum absolute atomic E-state index is 0.315. The van der Waals surface area contributed by atoms with Crippen molar-refractivity contribution in [3.8, 4) is 17.4 Å². The summed E-state index contributed by atoms with van der Waals surface area (Å²) in [5.74, 6) is 1.64. The second-order valence-corrected chi connectivity index (χ2v) is 6.26. The van der Waals surface area contributed by atoms with Gasteiger partial charge in [-0.1, -0.05) is 12.1 Å². The molecule has 0 saturated heterocycles. The lowest BCUT2D eigenvalue weighted by Gasteiger charge is -2.10. The fourth-order valence-corrected chi connectivity index (χ4v) is 2.66. The maximum Gasteiger partial charge on any atom is 0.323 e. The highest BCUT2D eigenvalue weighted by Gasteiger charge is 2.06. The van der Waals surface area contributed by atoms with Gasteiger partial charge in [-0.2, -0.15) is 0 Å². The van der Waals surface area contributed by atoms with Crippen molar-refractivity contribution in [1.29, 1.82) is 0 Å². The third kappa shape index (κ3) is 4.75. The lowest BCUT2D eigenvalue weighted by molar-refractivity contribution is 0.262. The van der Waals surface area contributed by atoms with Crippen molar-refractivity contribution in [3.05, 3.63) is 85.2 Å². The topological polar surface area (TPSA) is 94.0 Å². The maximum atomic E-state index is 12.1. The van der Waals surface area contributed by atoms with Crippen molar-refractivity contribution in [2.45, 2.75) is 6.92 Å². The Kier molecular flexibility index (Phi) is 5.15. The Bertz CT molecular complexity index is 1110. The Hall–Kier alpha value is -4.20. The second-order valence-electron chi connectivity index (χ2n) is 6.26. The first-order chi connectivity index (χ1) is 14.2. The van der Waals surface area contributed by atoms with Gasteiger partial charge in [-0.25, -0.2) is 19.7 Å². The fourth-order valence-electron chi connectivity index (χ4n) is 2.66. The Labute approximate surface area is 167 Å². The molecule has 0 unspecified atom stereocenters. The zero-order chi connectivity index (χ0) is 20.1. The van der Waals surface area contributed by atoms with E-state index in [-0.39, 0.29) is 6.03 Å². The predicted molar refractivity (Wildman–Crippen MR) is 109 cm³/mol. The molecule has 2 heterocycles. The van der Waals surface area contributed by atoms with Crippen molar-refractivity contribution in [3.63, 3.8) is 0 Å². The van der Waals surface area contributed by atoms with E-state index >= 15 is 0 Å². The summed E-state index contributed by atoms with van der Waals surface area (Å²) in [5, 5.41) is 5.59. The average Bonchev–Trinajstić information content (AvgIpc) is 3.25. The van der Waals surface area contributed by atoms with E-state index in [0.717, 1.165) is 11.3 Å². The smallest absolute Gasteiger partial charge is 0.323 e. The van der Waals surface area contributed by atoms with Crippen LogP contribution in [0.5, 0.6) is 11.6 Å². The number of rotatable bonds is 5. The summed E-state index contributed by atoms with van der Waals surface area (Å²) in [5.41, 5.74) is 2.45. The minimum atomic E-state index is -0.315. The third-order valence-corrected chi connectivity index (χ3v) is 4.01. The minimum Gasteiger partial charge on any atom is -0.439 e. The molecule has 0 saturated carbocycles. The number of benzene rings is 2. The molecule has 0 aliphatic carbocycles. The van der Waals surface area contributed by atoms with Gasteiger partial charge in [-0.15, -0.1) is 0 Å². The first-order valence-corrected chi connectivity index (χ1v) is 8.89. The van der Waals surface area contributed by atoms with Crippen LogP contribution in [0.1, 0.15) is 5.56 Å². The van der Waals surface area contributed by atoms with Crippen molar-refractivity contribution in [2.75, 3.05) is 10.6 Å².